The molecular formula is C13H23NO2. The molecule has 0 aromatic heterocycles. The second kappa shape index (κ2) is 3.94. The lowest BCUT2D eigenvalue weighted by molar-refractivity contribution is 0.0443. The number of amides is 1. The van der Waals surface area contributed by atoms with E-state index < -0.39 is 0 Å². The van der Waals surface area contributed by atoms with Crippen LogP contribution in [-0.4, -0.2) is 28.7 Å². The average molecular weight is 225 g/mol. The molecule has 1 saturated carbocycles. The molecule has 2 aliphatic rings. The molecule has 0 bridgehead atoms. The Kier molecular flexibility index (Phi) is 2.89. The van der Waals surface area contributed by atoms with Gasteiger partial charge in [-0.1, -0.05) is 12.8 Å². The van der Waals surface area contributed by atoms with E-state index in [4.69, 9.17) is 4.74 Å². The molecule has 0 unspecified atom stereocenters. The Labute approximate surface area is 98.1 Å². The Balaban J connectivity index is 2.12. The van der Waals surface area contributed by atoms with Crippen LogP contribution in [0.3, 0.4) is 0 Å². The lowest BCUT2D eigenvalue weighted by Crippen LogP contribution is -2.44. The van der Waals surface area contributed by atoms with Crippen LogP contribution in [0.1, 0.15) is 59.3 Å². The second-order valence-corrected chi connectivity index (χ2v) is 6.22. The van der Waals surface area contributed by atoms with E-state index in [9.17, 15) is 4.79 Å². The van der Waals surface area contributed by atoms with E-state index in [0.717, 1.165) is 19.4 Å². The monoisotopic (exact) mass is 225 g/mol. The highest BCUT2D eigenvalue weighted by Gasteiger charge is 2.48. The minimum atomic E-state index is -0.166. The number of rotatable bonds is 0. The van der Waals surface area contributed by atoms with Gasteiger partial charge in [-0.25, -0.2) is 4.79 Å². The maximum Gasteiger partial charge on any atom is 0.410 e. The number of hydrogen-bond donors (Lipinski definition) is 0. The molecule has 16 heavy (non-hydrogen) atoms. The van der Waals surface area contributed by atoms with Crippen LogP contribution in [-0.2, 0) is 4.74 Å². The minimum absolute atomic E-state index is 0.116. The van der Waals surface area contributed by atoms with Crippen molar-refractivity contribution < 1.29 is 9.53 Å². The summed E-state index contributed by atoms with van der Waals surface area (Å²) in [7, 11) is 0. The third-order valence-corrected chi connectivity index (χ3v) is 3.80. The maximum atomic E-state index is 11.9. The van der Waals surface area contributed by atoms with Crippen molar-refractivity contribution in [3.63, 3.8) is 0 Å². The third kappa shape index (κ3) is 2.18. The Hall–Kier alpha value is -0.730. The zero-order valence-corrected chi connectivity index (χ0v) is 10.7. The number of hydrogen-bond acceptors (Lipinski definition) is 2. The number of carbonyl (C=O) groups is 1. The summed E-state index contributed by atoms with van der Waals surface area (Å²) in [4.78, 5) is 13.8. The normalized spacial score (nSPS) is 25.7. The standard InChI is InChI=1S/C13H23NO2/c1-12(2,3)14-10-13(16-11(14)15)8-6-4-5-7-9-13/h4-10H2,1-3H3. The van der Waals surface area contributed by atoms with Crippen molar-refractivity contribution in [1.82, 2.24) is 4.90 Å². The average Bonchev–Trinajstić information content (AvgIpc) is 2.36. The molecule has 1 aliphatic heterocycles. The predicted molar refractivity (Wildman–Crippen MR) is 63.4 cm³/mol. The van der Waals surface area contributed by atoms with Crippen molar-refractivity contribution in [2.75, 3.05) is 6.54 Å². The Morgan fingerprint density at radius 2 is 1.69 bits per heavy atom. The van der Waals surface area contributed by atoms with Crippen molar-refractivity contribution in [3.05, 3.63) is 0 Å². The highest BCUT2D eigenvalue weighted by atomic mass is 16.6. The van der Waals surface area contributed by atoms with Crippen LogP contribution >= 0.6 is 0 Å². The van der Waals surface area contributed by atoms with Gasteiger partial charge in [-0.2, -0.15) is 0 Å². The molecule has 0 N–H and O–H groups in total. The Bertz CT molecular complexity index is 272. The zero-order chi connectivity index (χ0) is 11.8. The molecule has 1 aliphatic carbocycles. The maximum absolute atomic E-state index is 11.9. The van der Waals surface area contributed by atoms with Crippen LogP contribution in [0.25, 0.3) is 0 Å². The zero-order valence-electron chi connectivity index (χ0n) is 10.7. The van der Waals surface area contributed by atoms with E-state index in [1.54, 1.807) is 0 Å². The first kappa shape index (κ1) is 11.7. The van der Waals surface area contributed by atoms with Crippen molar-refractivity contribution >= 4 is 6.09 Å². The van der Waals surface area contributed by atoms with Crippen molar-refractivity contribution in [2.45, 2.75) is 70.4 Å². The van der Waals surface area contributed by atoms with E-state index >= 15 is 0 Å². The minimum Gasteiger partial charge on any atom is -0.441 e. The summed E-state index contributed by atoms with van der Waals surface area (Å²) < 4.78 is 5.70. The summed E-state index contributed by atoms with van der Waals surface area (Å²) in [6, 6.07) is 0. The quantitative estimate of drug-likeness (QED) is 0.633. The lowest BCUT2D eigenvalue weighted by Gasteiger charge is -2.31. The molecule has 3 heteroatoms. The molecule has 0 aromatic carbocycles. The van der Waals surface area contributed by atoms with Crippen molar-refractivity contribution in [1.29, 1.82) is 0 Å². The summed E-state index contributed by atoms with van der Waals surface area (Å²) in [6.45, 7) is 7.01. The van der Waals surface area contributed by atoms with Crippen molar-refractivity contribution in [3.8, 4) is 0 Å². The summed E-state index contributed by atoms with van der Waals surface area (Å²) in [5.41, 5.74) is -0.284. The summed E-state index contributed by atoms with van der Waals surface area (Å²) in [5, 5.41) is 0. The second-order valence-electron chi connectivity index (χ2n) is 6.22. The molecule has 0 atom stereocenters. The smallest absolute Gasteiger partial charge is 0.410 e. The first-order chi connectivity index (χ1) is 7.43. The summed E-state index contributed by atoms with van der Waals surface area (Å²) in [5.74, 6) is 0. The largest absolute Gasteiger partial charge is 0.441 e. The van der Waals surface area contributed by atoms with Gasteiger partial charge in [0.2, 0.25) is 0 Å². The fourth-order valence-electron chi connectivity index (χ4n) is 2.77. The number of nitrogens with zero attached hydrogens (tertiary/aromatic N) is 1. The molecule has 1 heterocycles. The van der Waals surface area contributed by atoms with Gasteiger partial charge in [0.25, 0.3) is 0 Å². The molecular weight excluding hydrogens is 202 g/mol. The topological polar surface area (TPSA) is 29.5 Å². The SMILES string of the molecule is CC(C)(C)N1CC2(CCCCCC2)OC1=O. The van der Waals surface area contributed by atoms with Gasteiger partial charge in [0.15, 0.2) is 0 Å². The molecule has 2 fully saturated rings. The Morgan fingerprint density at radius 3 is 2.12 bits per heavy atom. The van der Waals surface area contributed by atoms with Gasteiger partial charge < -0.3 is 4.74 Å². The third-order valence-electron chi connectivity index (χ3n) is 3.80. The summed E-state index contributed by atoms with van der Waals surface area (Å²) >= 11 is 0. The van der Waals surface area contributed by atoms with Crippen LogP contribution in [0.15, 0.2) is 0 Å². The molecule has 1 spiro atoms. The van der Waals surface area contributed by atoms with Crippen LogP contribution in [0.2, 0.25) is 0 Å². The fourth-order valence-corrected chi connectivity index (χ4v) is 2.77. The first-order valence-corrected chi connectivity index (χ1v) is 6.44. The van der Waals surface area contributed by atoms with Gasteiger partial charge in [-0.15, -0.1) is 0 Å². The lowest BCUT2D eigenvalue weighted by atomic mass is 9.93. The highest BCUT2D eigenvalue weighted by molar-refractivity contribution is 5.71. The van der Waals surface area contributed by atoms with Crippen LogP contribution in [0.5, 0.6) is 0 Å². The van der Waals surface area contributed by atoms with E-state index in [1.165, 1.54) is 25.7 Å². The molecule has 0 radical (unpaired) electrons. The van der Waals surface area contributed by atoms with Crippen LogP contribution < -0.4 is 0 Å². The molecule has 92 valence electrons. The van der Waals surface area contributed by atoms with Gasteiger partial charge in [0.05, 0.1) is 6.54 Å². The van der Waals surface area contributed by atoms with Crippen LogP contribution in [0, 0.1) is 0 Å². The molecule has 2 rings (SSSR count). The van der Waals surface area contributed by atoms with Crippen LogP contribution in [0.4, 0.5) is 4.79 Å². The molecule has 0 aromatic rings. The van der Waals surface area contributed by atoms with E-state index in [-0.39, 0.29) is 17.2 Å². The van der Waals surface area contributed by atoms with Gasteiger partial charge in [0.1, 0.15) is 5.60 Å². The van der Waals surface area contributed by atoms with Gasteiger partial charge in [0, 0.05) is 5.54 Å². The van der Waals surface area contributed by atoms with Gasteiger partial charge >= 0.3 is 6.09 Å². The predicted octanol–water partition coefficient (Wildman–Crippen LogP) is 3.33. The van der Waals surface area contributed by atoms with Gasteiger partial charge in [-0.05, 0) is 46.5 Å². The van der Waals surface area contributed by atoms with Gasteiger partial charge in [-0.3, -0.25) is 4.90 Å². The van der Waals surface area contributed by atoms with E-state index in [0.29, 0.717) is 0 Å². The fraction of sp³-hybridized carbons (Fsp3) is 0.923. The summed E-state index contributed by atoms with van der Waals surface area (Å²) in [6.07, 6.45) is 6.95. The van der Waals surface area contributed by atoms with Crippen molar-refractivity contribution in [2.24, 2.45) is 0 Å². The number of ether oxygens (including phenoxy) is 1. The first-order valence-electron chi connectivity index (χ1n) is 6.44. The molecule has 1 amide bonds. The van der Waals surface area contributed by atoms with E-state index in [1.807, 2.05) is 4.90 Å². The molecule has 1 saturated heterocycles. The highest BCUT2D eigenvalue weighted by Crippen LogP contribution is 2.38. The molecule has 3 nitrogen and oxygen atoms in total. The van der Waals surface area contributed by atoms with E-state index in [2.05, 4.69) is 20.8 Å². The Morgan fingerprint density at radius 1 is 1.12 bits per heavy atom. The number of carbonyl (C=O) groups excluding carboxylic acids is 1.